The molecule has 1 atom stereocenters. The van der Waals surface area contributed by atoms with Crippen molar-refractivity contribution in [1.29, 1.82) is 0 Å². The lowest BCUT2D eigenvalue weighted by atomic mass is 9.97. The maximum Gasteiger partial charge on any atom is 0.193 e. The Morgan fingerprint density at radius 2 is 1.96 bits per heavy atom. The highest BCUT2D eigenvalue weighted by molar-refractivity contribution is 14.0. The molecule has 0 aromatic rings. The molecule has 0 amide bonds. The quantitative estimate of drug-likeness (QED) is 0.279. The third kappa shape index (κ3) is 7.87. The normalized spacial score (nSPS) is 22.8. The van der Waals surface area contributed by atoms with Gasteiger partial charge in [-0.1, -0.05) is 13.8 Å². The lowest BCUT2D eigenvalue weighted by Crippen LogP contribution is -2.41. The molecule has 0 bridgehead atoms. The molecule has 2 fully saturated rings. The summed E-state index contributed by atoms with van der Waals surface area (Å²) in [6.45, 7) is 13.2. The number of rotatable bonds is 7. The summed E-state index contributed by atoms with van der Waals surface area (Å²) in [6.07, 6.45) is 5.11. The zero-order valence-electron chi connectivity index (χ0n) is 15.8. The van der Waals surface area contributed by atoms with Crippen LogP contribution in [0.3, 0.4) is 0 Å². The lowest BCUT2D eigenvalue weighted by Gasteiger charge is -2.26. The summed E-state index contributed by atoms with van der Waals surface area (Å²) in [4.78, 5) is 9.42. The van der Waals surface area contributed by atoms with Crippen molar-refractivity contribution in [1.82, 2.24) is 15.1 Å². The molecule has 2 aliphatic heterocycles. The van der Waals surface area contributed by atoms with Crippen LogP contribution in [0.15, 0.2) is 4.99 Å². The van der Waals surface area contributed by atoms with Crippen molar-refractivity contribution in [3.63, 3.8) is 0 Å². The number of nitrogens with one attached hydrogen (secondary N) is 1. The third-order valence-corrected chi connectivity index (χ3v) is 4.89. The van der Waals surface area contributed by atoms with E-state index in [0.29, 0.717) is 0 Å². The van der Waals surface area contributed by atoms with Gasteiger partial charge in [0.15, 0.2) is 5.96 Å². The Bertz CT molecular complexity index is 359. The second-order valence-corrected chi connectivity index (χ2v) is 7.37. The van der Waals surface area contributed by atoms with Crippen LogP contribution >= 0.6 is 24.0 Å². The van der Waals surface area contributed by atoms with Gasteiger partial charge in [-0.25, -0.2) is 0 Å². The fourth-order valence-corrected chi connectivity index (χ4v) is 3.70. The molecule has 0 aliphatic carbocycles. The number of aliphatic imine (C=N–C) groups is 1. The Hall–Kier alpha value is -0.0800. The second kappa shape index (κ2) is 12.3. The van der Waals surface area contributed by atoms with E-state index in [9.17, 15) is 0 Å². The first kappa shape index (κ1) is 22.0. The van der Waals surface area contributed by atoms with E-state index < -0.39 is 0 Å². The maximum atomic E-state index is 5.39. The van der Waals surface area contributed by atoms with Gasteiger partial charge < -0.3 is 15.0 Å². The molecule has 1 unspecified atom stereocenters. The summed E-state index contributed by atoms with van der Waals surface area (Å²) in [6, 6.07) is 0. The van der Waals surface area contributed by atoms with Gasteiger partial charge in [-0.3, -0.25) is 9.89 Å². The van der Waals surface area contributed by atoms with Crippen LogP contribution in [0, 0.1) is 11.8 Å². The highest BCUT2D eigenvalue weighted by atomic mass is 127. The van der Waals surface area contributed by atoms with E-state index in [1.165, 1.54) is 38.8 Å². The summed E-state index contributed by atoms with van der Waals surface area (Å²) < 4.78 is 5.39. The van der Waals surface area contributed by atoms with Crippen molar-refractivity contribution < 1.29 is 4.74 Å². The van der Waals surface area contributed by atoms with Gasteiger partial charge >= 0.3 is 0 Å². The fourth-order valence-electron chi connectivity index (χ4n) is 3.70. The van der Waals surface area contributed by atoms with E-state index in [1.54, 1.807) is 0 Å². The number of halogens is 1. The van der Waals surface area contributed by atoms with Crippen molar-refractivity contribution in [3.8, 4) is 0 Å². The van der Waals surface area contributed by atoms with E-state index in [1.807, 2.05) is 7.05 Å². The summed E-state index contributed by atoms with van der Waals surface area (Å²) in [5.41, 5.74) is 0. The van der Waals surface area contributed by atoms with Gasteiger partial charge in [0.05, 0.1) is 13.2 Å². The molecule has 1 N–H and O–H groups in total. The average molecular weight is 452 g/mol. The Labute approximate surface area is 165 Å². The first-order valence-corrected chi connectivity index (χ1v) is 9.44. The Kier molecular flexibility index (Phi) is 11.3. The Morgan fingerprint density at radius 1 is 1.21 bits per heavy atom. The number of guanidine groups is 1. The topological polar surface area (TPSA) is 40.1 Å². The molecule has 6 heteroatoms. The van der Waals surface area contributed by atoms with Gasteiger partial charge in [-0.05, 0) is 44.1 Å². The number of ether oxygens (including phenoxy) is 1. The lowest BCUT2D eigenvalue weighted by molar-refractivity contribution is 0.0372. The van der Waals surface area contributed by atoms with Crippen LogP contribution in [0.1, 0.15) is 39.5 Å². The number of unbranched alkanes of at least 4 members (excludes halogenated alkanes) is 1. The van der Waals surface area contributed by atoms with E-state index in [2.05, 4.69) is 34.0 Å². The summed E-state index contributed by atoms with van der Waals surface area (Å²) in [5.74, 6) is 2.74. The number of likely N-dealkylation sites (tertiary alicyclic amines) is 1. The maximum absolute atomic E-state index is 5.39. The van der Waals surface area contributed by atoms with Gasteiger partial charge in [-0.15, -0.1) is 24.0 Å². The SMILES string of the molecule is CN=C(NCCCCN1CCOCC1)N1CCC(CC(C)C)C1.I. The van der Waals surface area contributed by atoms with Crippen molar-refractivity contribution in [2.75, 3.05) is 59.5 Å². The van der Waals surface area contributed by atoms with Crippen molar-refractivity contribution in [2.24, 2.45) is 16.8 Å². The van der Waals surface area contributed by atoms with Crippen LogP contribution in [-0.4, -0.2) is 75.3 Å². The van der Waals surface area contributed by atoms with Crippen LogP contribution in [-0.2, 0) is 4.74 Å². The Balaban J connectivity index is 0.00000288. The van der Waals surface area contributed by atoms with Gasteiger partial charge in [0.2, 0.25) is 0 Å². The zero-order chi connectivity index (χ0) is 16.5. The minimum Gasteiger partial charge on any atom is -0.379 e. The summed E-state index contributed by atoms with van der Waals surface area (Å²) in [5, 5.41) is 3.56. The third-order valence-electron chi connectivity index (χ3n) is 4.89. The summed E-state index contributed by atoms with van der Waals surface area (Å²) in [7, 11) is 1.91. The standard InChI is InChI=1S/C18H36N4O.HI/c1-16(2)14-17-6-9-22(15-17)18(19-3)20-7-4-5-8-21-10-12-23-13-11-21;/h16-17H,4-15H2,1-3H3,(H,19,20);1H. The predicted octanol–water partition coefficient (Wildman–Crippen LogP) is 2.66. The van der Waals surface area contributed by atoms with Gasteiger partial charge in [0, 0.05) is 39.8 Å². The van der Waals surface area contributed by atoms with Crippen molar-refractivity contribution in [3.05, 3.63) is 0 Å². The molecule has 0 aromatic carbocycles. The molecule has 0 saturated carbocycles. The van der Waals surface area contributed by atoms with Crippen LogP contribution < -0.4 is 5.32 Å². The van der Waals surface area contributed by atoms with Crippen molar-refractivity contribution >= 4 is 29.9 Å². The van der Waals surface area contributed by atoms with E-state index in [-0.39, 0.29) is 24.0 Å². The highest BCUT2D eigenvalue weighted by Gasteiger charge is 2.25. The van der Waals surface area contributed by atoms with E-state index in [4.69, 9.17) is 4.74 Å². The van der Waals surface area contributed by atoms with Crippen LogP contribution in [0.25, 0.3) is 0 Å². The number of hydrogen-bond donors (Lipinski definition) is 1. The molecule has 2 aliphatic rings. The molecular formula is C18H37IN4O. The first-order chi connectivity index (χ1) is 11.2. The molecule has 0 spiro atoms. The summed E-state index contributed by atoms with van der Waals surface area (Å²) >= 11 is 0. The number of hydrogen-bond acceptors (Lipinski definition) is 3. The van der Waals surface area contributed by atoms with Crippen LogP contribution in [0.5, 0.6) is 0 Å². The van der Waals surface area contributed by atoms with Gasteiger partial charge in [-0.2, -0.15) is 0 Å². The second-order valence-electron chi connectivity index (χ2n) is 7.37. The monoisotopic (exact) mass is 452 g/mol. The van der Waals surface area contributed by atoms with E-state index in [0.717, 1.165) is 57.2 Å². The first-order valence-electron chi connectivity index (χ1n) is 9.44. The zero-order valence-corrected chi connectivity index (χ0v) is 18.1. The smallest absolute Gasteiger partial charge is 0.193 e. The molecular weight excluding hydrogens is 415 g/mol. The molecule has 142 valence electrons. The number of morpholine rings is 1. The number of nitrogens with zero attached hydrogens (tertiary/aromatic N) is 3. The molecule has 0 radical (unpaired) electrons. The minimum atomic E-state index is 0. The molecule has 24 heavy (non-hydrogen) atoms. The van der Waals surface area contributed by atoms with Gasteiger partial charge in [0.25, 0.3) is 0 Å². The van der Waals surface area contributed by atoms with Crippen LogP contribution in [0.4, 0.5) is 0 Å². The molecule has 0 aromatic heterocycles. The molecule has 2 saturated heterocycles. The minimum absolute atomic E-state index is 0. The molecule has 5 nitrogen and oxygen atoms in total. The fraction of sp³-hybridized carbons (Fsp3) is 0.944. The predicted molar refractivity (Wildman–Crippen MR) is 112 cm³/mol. The van der Waals surface area contributed by atoms with Crippen molar-refractivity contribution in [2.45, 2.75) is 39.5 Å². The molecule has 2 rings (SSSR count). The average Bonchev–Trinajstić information content (AvgIpc) is 2.99. The van der Waals surface area contributed by atoms with Gasteiger partial charge in [0.1, 0.15) is 0 Å². The Morgan fingerprint density at radius 3 is 2.62 bits per heavy atom. The largest absolute Gasteiger partial charge is 0.379 e. The van der Waals surface area contributed by atoms with E-state index >= 15 is 0 Å². The van der Waals surface area contributed by atoms with Crippen LogP contribution in [0.2, 0.25) is 0 Å². The highest BCUT2D eigenvalue weighted by Crippen LogP contribution is 2.23. The molecule has 2 heterocycles.